The molecule has 0 radical (unpaired) electrons. The van der Waals surface area contributed by atoms with E-state index < -0.39 is 10.0 Å². The van der Waals surface area contributed by atoms with Crippen LogP contribution >= 0.6 is 15.9 Å². The summed E-state index contributed by atoms with van der Waals surface area (Å²) in [6, 6.07) is 9.40. The zero-order valence-electron chi connectivity index (χ0n) is 14.6. The third-order valence-corrected chi connectivity index (χ3v) is 6.61. The number of nitrogens with one attached hydrogen (secondary N) is 1. The first-order chi connectivity index (χ1) is 12.3. The number of hydrogen-bond donors (Lipinski definition) is 1. The molecule has 1 aromatic heterocycles. The molecular weight excluding hydrogens is 420 g/mol. The highest BCUT2D eigenvalue weighted by Gasteiger charge is 2.29. The summed E-state index contributed by atoms with van der Waals surface area (Å²) in [7, 11) is -1.62. The van der Waals surface area contributed by atoms with Gasteiger partial charge < -0.3 is 4.90 Å². The number of piperidine rings is 1. The zero-order valence-corrected chi connectivity index (χ0v) is 17.0. The molecule has 9 heteroatoms. The summed E-state index contributed by atoms with van der Waals surface area (Å²) in [4.78, 5) is 14.4. The quantitative estimate of drug-likeness (QED) is 0.789. The molecule has 7 nitrogen and oxygen atoms in total. The molecule has 2 aromatic rings. The Morgan fingerprint density at radius 3 is 2.46 bits per heavy atom. The molecule has 0 unspecified atom stereocenters. The lowest BCUT2D eigenvalue weighted by Crippen LogP contribution is -2.47. The van der Waals surface area contributed by atoms with E-state index in [0.29, 0.717) is 37.3 Å². The normalized spacial score (nSPS) is 16.2. The second kappa shape index (κ2) is 7.50. The molecule has 140 valence electrons. The number of likely N-dealkylation sites (tertiary alicyclic amines) is 1. The van der Waals surface area contributed by atoms with Crippen LogP contribution in [0, 0.1) is 0 Å². The number of nitrogens with zero attached hydrogens (tertiary/aromatic N) is 3. The van der Waals surface area contributed by atoms with Gasteiger partial charge in [-0.25, -0.2) is 12.7 Å². The van der Waals surface area contributed by atoms with Crippen LogP contribution in [0.25, 0.3) is 11.3 Å². The van der Waals surface area contributed by atoms with Crippen LogP contribution in [0.2, 0.25) is 0 Å². The summed E-state index contributed by atoms with van der Waals surface area (Å²) in [5.41, 5.74) is 2.09. The number of carbonyl (C=O) groups excluding carboxylic acids is 1. The highest BCUT2D eigenvalue weighted by molar-refractivity contribution is 9.10. The van der Waals surface area contributed by atoms with Gasteiger partial charge in [-0.15, -0.1) is 0 Å². The first kappa shape index (κ1) is 19.1. The molecule has 1 N–H and O–H groups in total. The van der Waals surface area contributed by atoms with E-state index in [1.807, 2.05) is 24.3 Å². The van der Waals surface area contributed by atoms with Gasteiger partial charge in [0.15, 0.2) is 0 Å². The monoisotopic (exact) mass is 440 g/mol. The number of benzene rings is 1. The maximum atomic E-state index is 12.7. The number of H-pyrrole nitrogens is 1. The smallest absolute Gasteiger partial charge is 0.271 e. The van der Waals surface area contributed by atoms with Crippen molar-refractivity contribution in [2.75, 3.05) is 26.4 Å². The number of halogens is 1. The van der Waals surface area contributed by atoms with Crippen LogP contribution in [0.15, 0.2) is 34.8 Å². The molecule has 1 fully saturated rings. The van der Waals surface area contributed by atoms with E-state index in [1.54, 1.807) is 18.0 Å². The summed E-state index contributed by atoms with van der Waals surface area (Å²) in [6.45, 7) is 1.05. The molecule has 0 aliphatic carbocycles. The summed E-state index contributed by atoms with van der Waals surface area (Å²) in [6.07, 6.45) is 2.46. The van der Waals surface area contributed by atoms with Gasteiger partial charge in [-0.1, -0.05) is 28.1 Å². The Hall–Kier alpha value is -1.71. The van der Waals surface area contributed by atoms with E-state index >= 15 is 0 Å². The van der Waals surface area contributed by atoms with Crippen LogP contribution < -0.4 is 0 Å². The predicted molar refractivity (Wildman–Crippen MR) is 103 cm³/mol. The van der Waals surface area contributed by atoms with Crippen molar-refractivity contribution in [1.82, 2.24) is 19.4 Å². The van der Waals surface area contributed by atoms with E-state index in [2.05, 4.69) is 26.1 Å². The van der Waals surface area contributed by atoms with Crippen molar-refractivity contribution in [2.45, 2.75) is 18.9 Å². The number of hydrogen-bond acceptors (Lipinski definition) is 4. The predicted octanol–water partition coefficient (Wildman–Crippen LogP) is 2.34. The Morgan fingerprint density at radius 1 is 1.27 bits per heavy atom. The van der Waals surface area contributed by atoms with E-state index in [4.69, 9.17) is 0 Å². The van der Waals surface area contributed by atoms with Crippen molar-refractivity contribution in [3.63, 3.8) is 0 Å². The van der Waals surface area contributed by atoms with Crippen LogP contribution in [-0.2, 0) is 10.0 Å². The topological polar surface area (TPSA) is 86.4 Å². The fourth-order valence-electron chi connectivity index (χ4n) is 3.07. The van der Waals surface area contributed by atoms with Crippen molar-refractivity contribution in [1.29, 1.82) is 0 Å². The molecule has 0 bridgehead atoms. The zero-order chi connectivity index (χ0) is 18.9. The minimum absolute atomic E-state index is 0.0610. The van der Waals surface area contributed by atoms with E-state index in [9.17, 15) is 13.2 Å². The molecule has 1 aromatic carbocycles. The molecule has 1 saturated heterocycles. The van der Waals surface area contributed by atoms with Crippen LogP contribution in [0.1, 0.15) is 23.3 Å². The van der Waals surface area contributed by atoms with Gasteiger partial charge >= 0.3 is 0 Å². The molecule has 1 aliphatic heterocycles. The van der Waals surface area contributed by atoms with Gasteiger partial charge in [0.1, 0.15) is 5.69 Å². The number of aromatic amines is 1. The average molecular weight is 441 g/mol. The SMILES string of the molecule is CN(C1CCN(C(=O)c2cc(-c3ccc(Br)cc3)n[nH]2)CC1)S(C)(=O)=O. The maximum Gasteiger partial charge on any atom is 0.271 e. The Bertz CT molecular complexity index is 887. The standard InChI is InChI=1S/C17H21BrN4O3S/c1-21(26(2,24)25)14-7-9-22(10-8-14)17(23)16-11-15(19-20-16)12-3-5-13(18)6-4-12/h3-6,11,14H,7-10H2,1-2H3,(H,19,20). The van der Waals surface area contributed by atoms with E-state index in [0.717, 1.165) is 10.0 Å². The molecule has 3 rings (SSSR count). The summed E-state index contributed by atoms with van der Waals surface area (Å²) in [5.74, 6) is -0.110. The van der Waals surface area contributed by atoms with E-state index in [-0.39, 0.29) is 11.9 Å². The maximum absolute atomic E-state index is 12.7. The number of aromatic nitrogens is 2. The number of sulfonamides is 1. The summed E-state index contributed by atoms with van der Waals surface area (Å²) in [5, 5.41) is 7.05. The molecule has 0 atom stereocenters. The second-order valence-electron chi connectivity index (χ2n) is 6.48. The Kier molecular flexibility index (Phi) is 5.50. The van der Waals surface area contributed by atoms with Crippen LogP contribution in [-0.4, -0.2) is 66.2 Å². The molecule has 2 heterocycles. The van der Waals surface area contributed by atoms with Gasteiger partial charge in [0.25, 0.3) is 5.91 Å². The molecule has 1 aliphatic rings. The third-order valence-electron chi connectivity index (χ3n) is 4.74. The molecule has 1 amide bonds. The lowest BCUT2D eigenvalue weighted by atomic mass is 10.0. The van der Waals surface area contributed by atoms with E-state index in [1.165, 1.54) is 10.6 Å². The highest BCUT2D eigenvalue weighted by Crippen LogP contribution is 2.22. The Labute approximate surface area is 161 Å². The number of rotatable bonds is 4. The molecular formula is C17H21BrN4O3S. The van der Waals surface area contributed by atoms with Gasteiger partial charge in [0, 0.05) is 36.2 Å². The van der Waals surface area contributed by atoms with Gasteiger partial charge in [-0.05, 0) is 31.0 Å². The second-order valence-corrected chi connectivity index (χ2v) is 9.43. The summed E-state index contributed by atoms with van der Waals surface area (Å²) >= 11 is 3.40. The molecule has 26 heavy (non-hydrogen) atoms. The Balaban J connectivity index is 1.65. The lowest BCUT2D eigenvalue weighted by molar-refractivity contribution is 0.0680. The van der Waals surface area contributed by atoms with Crippen molar-refractivity contribution >= 4 is 31.9 Å². The minimum Gasteiger partial charge on any atom is -0.337 e. The van der Waals surface area contributed by atoms with Crippen LogP contribution in [0.5, 0.6) is 0 Å². The Morgan fingerprint density at radius 2 is 1.88 bits per heavy atom. The van der Waals surface area contributed by atoms with Gasteiger partial charge in [-0.3, -0.25) is 9.89 Å². The number of carbonyl (C=O) groups is 1. The molecule has 0 saturated carbocycles. The highest BCUT2D eigenvalue weighted by atomic mass is 79.9. The minimum atomic E-state index is -3.21. The fourth-order valence-corrected chi connectivity index (χ4v) is 4.09. The first-order valence-corrected chi connectivity index (χ1v) is 10.9. The van der Waals surface area contributed by atoms with Gasteiger partial charge in [0.2, 0.25) is 10.0 Å². The molecule has 0 spiro atoms. The average Bonchev–Trinajstić information content (AvgIpc) is 3.10. The third kappa shape index (κ3) is 4.16. The van der Waals surface area contributed by atoms with Crippen molar-refractivity contribution in [3.05, 3.63) is 40.5 Å². The fraction of sp³-hybridized carbons (Fsp3) is 0.412. The van der Waals surface area contributed by atoms with Crippen LogP contribution in [0.4, 0.5) is 0 Å². The first-order valence-electron chi connectivity index (χ1n) is 8.29. The van der Waals surface area contributed by atoms with Crippen molar-refractivity contribution < 1.29 is 13.2 Å². The van der Waals surface area contributed by atoms with Gasteiger partial charge in [0.05, 0.1) is 11.9 Å². The van der Waals surface area contributed by atoms with Crippen LogP contribution in [0.3, 0.4) is 0 Å². The lowest BCUT2D eigenvalue weighted by Gasteiger charge is -2.35. The number of amides is 1. The summed E-state index contributed by atoms with van der Waals surface area (Å²) < 4.78 is 25.7. The van der Waals surface area contributed by atoms with Crippen molar-refractivity contribution in [3.8, 4) is 11.3 Å². The van der Waals surface area contributed by atoms with Gasteiger partial charge in [-0.2, -0.15) is 5.10 Å². The van der Waals surface area contributed by atoms with Crippen molar-refractivity contribution in [2.24, 2.45) is 0 Å². The largest absolute Gasteiger partial charge is 0.337 e.